The second-order valence-electron chi connectivity index (χ2n) is 13.4. The van der Waals surface area contributed by atoms with Gasteiger partial charge in [-0.3, -0.25) is 23.8 Å². The van der Waals surface area contributed by atoms with Crippen LogP contribution in [-0.4, -0.2) is 98.1 Å². The number of carbonyl (C=O) groups excluding carboxylic acids is 5. The summed E-state index contributed by atoms with van der Waals surface area (Å²) in [6.45, 7) is 9.82. The van der Waals surface area contributed by atoms with Crippen molar-refractivity contribution in [1.29, 1.82) is 0 Å². The third-order valence-corrected chi connectivity index (χ3v) is 8.77. The fraction of sp³-hybridized carbons (Fsp3) is 0.656. The summed E-state index contributed by atoms with van der Waals surface area (Å²) in [4.78, 5) is 69.0. The van der Waals surface area contributed by atoms with E-state index in [2.05, 4.69) is 10.6 Å². The van der Waals surface area contributed by atoms with Crippen LogP contribution in [0.2, 0.25) is 0 Å². The predicted molar refractivity (Wildman–Crippen MR) is 175 cm³/mol. The zero-order valence-corrected chi connectivity index (χ0v) is 29.8. The fourth-order valence-corrected chi connectivity index (χ4v) is 6.12. The van der Waals surface area contributed by atoms with Gasteiger partial charge in [-0.1, -0.05) is 19.1 Å². The SMILES string of the molecule is CC[C@H](NC(=O)OC(C)(C)C)C(=O)N(C[C@@H](C)OC(=O)N1Cc2cccc(F)c2C1)[C@@H](C)C(=O)N[C@]1(C(=O)NS(=O)O)C[C@H]1CCCOC. The Morgan fingerprint density at radius 2 is 1.88 bits per heavy atom. The number of alkyl carbamates (subject to hydrolysis) is 1. The van der Waals surface area contributed by atoms with Gasteiger partial charge in [0.2, 0.25) is 11.8 Å². The molecule has 0 aromatic heterocycles. The number of carbonyl (C=O) groups is 5. The predicted octanol–water partition coefficient (Wildman–Crippen LogP) is 2.74. The van der Waals surface area contributed by atoms with Crippen LogP contribution in [0.1, 0.15) is 78.4 Å². The van der Waals surface area contributed by atoms with Gasteiger partial charge in [-0.25, -0.2) is 22.9 Å². The topological polar surface area (TPSA) is 193 Å². The number of ether oxygens (including phenoxy) is 3. The maximum atomic E-state index is 14.3. The van der Waals surface area contributed by atoms with Gasteiger partial charge in [-0.15, -0.1) is 0 Å². The molecule has 1 aromatic rings. The van der Waals surface area contributed by atoms with Crippen molar-refractivity contribution in [3.05, 3.63) is 35.1 Å². The first kappa shape index (κ1) is 39.6. The molecule has 49 heavy (non-hydrogen) atoms. The Morgan fingerprint density at radius 1 is 1.18 bits per heavy atom. The van der Waals surface area contributed by atoms with Crippen molar-refractivity contribution in [2.24, 2.45) is 5.92 Å². The van der Waals surface area contributed by atoms with E-state index in [0.29, 0.717) is 30.6 Å². The summed E-state index contributed by atoms with van der Waals surface area (Å²) in [5.74, 6) is -3.08. The van der Waals surface area contributed by atoms with Gasteiger partial charge in [0.15, 0.2) is 0 Å². The molecule has 3 rings (SSSR count). The van der Waals surface area contributed by atoms with Gasteiger partial charge in [0, 0.05) is 25.8 Å². The van der Waals surface area contributed by atoms with E-state index in [1.54, 1.807) is 39.8 Å². The van der Waals surface area contributed by atoms with Crippen LogP contribution in [0, 0.1) is 11.7 Å². The van der Waals surface area contributed by atoms with Crippen molar-refractivity contribution in [1.82, 2.24) is 25.2 Å². The minimum absolute atomic E-state index is 0.00105. The van der Waals surface area contributed by atoms with Gasteiger partial charge >= 0.3 is 12.2 Å². The Kier molecular flexibility index (Phi) is 13.5. The smallest absolute Gasteiger partial charge is 0.410 e. The molecule has 0 bridgehead atoms. The summed E-state index contributed by atoms with van der Waals surface area (Å²) < 4.78 is 53.0. The lowest BCUT2D eigenvalue weighted by Gasteiger charge is -2.34. The van der Waals surface area contributed by atoms with Gasteiger partial charge in [0.25, 0.3) is 17.2 Å². The number of benzene rings is 1. The minimum Gasteiger partial charge on any atom is -0.444 e. The maximum absolute atomic E-state index is 14.3. The van der Waals surface area contributed by atoms with Gasteiger partial charge in [0.1, 0.15) is 35.1 Å². The molecule has 4 N–H and O–H groups in total. The molecular formula is C32H48FN5O10S. The van der Waals surface area contributed by atoms with Crippen LogP contribution < -0.4 is 15.4 Å². The van der Waals surface area contributed by atoms with Crippen molar-refractivity contribution >= 4 is 41.2 Å². The van der Waals surface area contributed by atoms with Crippen LogP contribution in [0.3, 0.4) is 0 Å². The number of methoxy groups -OCH3 is 1. The Bertz CT molecular complexity index is 1420. The average molecular weight is 714 g/mol. The molecule has 1 heterocycles. The summed E-state index contributed by atoms with van der Waals surface area (Å²) in [5.41, 5.74) is -1.31. The van der Waals surface area contributed by atoms with E-state index in [1.165, 1.54) is 31.9 Å². The van der Waals surface area contributed by atoms with Crippen LogP contribution in [0.25, 0.3) is 0 Å². The first-order valence-electron chi connectivity index (χ1n) is 16.2. The Hall–Kier alpha value is -3.83. The van der Waals surface area contributed by atoms with Gasteiger partial charge in [0.05, 0.1) is 13.1 Å². The molecule has 0 saturated heterocycles. The van der Waals surface area contributed by atoms with Gasteiger partial charge in [-0.2, -0.15) is 0 Å². The lowest BCUT2D eigenvalue weighted by molar-refractivity contribution is -0.144. The van der Waals surface area contributed by atoms with E-state index >= 15 is 0 Å². The second kappa shape index (κ2) is 16.7. The molecule has 0 radical (unpaired) electrons. The minimum atomic E-state index is -2.68. The number of amides is 5. The third-order valence-electron chi connectivity index (χ3n) is 8.41. The van der Waals surface area contributed by atoms with Crippen LogP contribution in [0.5, 0.6) is 0 Å². The molecular weight excluding hydrogens is 665 g/mol. The first-order chi connectivity index (χ1) is 22.9. The van der Waals surface area contributed by atoms with Crippen molar-refractivity contribution < 1.29 is 51.3 Å². The van der Waals surface area contributed by atoms with E-state index in [1.807, 2.05) is 4.72 Å². The van der Waals surface area contributed by atoms with E-state index in [9.17, 15) is 37.1 Å². The molecule has 1 fully saturated rings. The largest absolute Gasteiger partial charge is 0.444 e. The number of halogens is 1. The van der Waals surface area contributed by atoms with Crippen molar-refractivity contribution in [2.45, 2.75) is 110 Å². The molecule has 1 saturated carbocycles. The van der Waals surface area contributed by atoms with E-state index < -0.39 is 76.3 Å². The Balaban J connectivity index is 1.82. The number of fused-ring (bicyclic) bond motifs is 1. The molecule has 6 atom stereocenters. The highest BCUT2D eigenvalue weighted by Gasteiger charge is 2.61. The highest BCUT2D eigenvalue weighted by atomic mass is 32.2. The summed E-state index contributed by atoms with van der Waals surface area (Å²) >= 11 is -2.68. The molecule has 1 unspecified atom stereocenters. The Morgan fingerprint density at radius 3 is 2.47 bits per heavy atom. The van der Waals surface area contributed by atoms with Gasteiger partial charge < -0.3 is 29.7 Å². The zero-order chi connectivity index (χ0) is 36.7. The molecule has 2 aliphatic rings. The Labute approximate surface area is 288 Å². The molecule has 1 aliphatic heterocycles. The maximum Gasteiger partial charge on any atom is 0.410 e. The molecule has 5 amide bonds. The van der Waals surface area contributed by atoms with Crippen LogP contribution >= 0.6 is 0 Å². The van der Waals surface area contributed by atoms with Gasteiger partial charge in [-0.05, 0) is 77.8 Å². The fourth-order valence-electron chi connectivity index (χ4n) is 5.77. The molecule has 0 spiro atoms. The van der Waals surface area contributed by atoms with Crippen LogP contribution in [0.4, 0.5) is 14.0 Å². The van der Waals surface area contributed by atoms with Crippen LogP contribution in [-0.2, 0) is 53.0 Å². The normalized spacial score (nSPS) is 20.6. The second-order valence-corrected chi connectivity index (χ2v) is 14.1. The number of nitrogens with one attached hydrogen (secondary N) is 3. The van der Waals surface area contributed by atoms with E-state index in [4.69, 9.17) is 14.2 Å². The standard InChI is InChI=1S/C32H48FN5O10S/c1-8-25(34-29(42)48-31(4,5)6)27(40)38(16-19(2)47-30(43)37-17-21-11-9-13-24(33)23(21)18-37)20(3)26(39)35-32(28(41)36-49(44)45)15-22(32)12-10-14-46-7/h9,11,13,19-20,22,25H,8,10,12,14-18H2,1-7H3,(H,34,42)(H,35,39)(H,36,41)(H,44,45)/t19-,20+,22-,25+,32-/m1/s1. The molecule has 274 valence electrons. The summed E-state index contributed by atoms with van der Waals surface area (Å²) in [6.07, 6.45) is -1.23. The summed E-state index contributed by atoms with van der Waals surface area (Å²) in [7, 11) is 1.53. The zero-order valence-electron chi connectivity index (χ0n) is 29.0. The average Bonchev–Trinajstić information content (AvgIpc) is 3.51. The lowest BCUT2D eigenvalue weighted by Crippen LogP contribution is -2.60. The van der Waals surface area contributed by atoms with Crippen molar-refractivity contribution in [3.8, 4) is 0 Å². The van der Waals surface area contributed by atoms with Crippen molar-refractivity contribution in [2.75, 3.05) is 20.3 Å². The summed E-state index contributed by atoms with van der Waals surface area (Å²) in [5, 5.41) is 5.23. The van der Waals surface area contributed by atoms with Crippen molar-refractivity contribution in [3.63, 3.8) is 0 Å². The molecule has 1 aliphatic carbocycles. The molecule has 17 heteroatoms. The molecule has 1 aromatic carbocycles. The van der Waals surface area contributed by atoms with E-state index in [-0.39, 0.29) is 38.4 Å². The highest BCUT2D eigenvalue weighted by Crippen LogP contribution is 2.47. The van der Waals surface area contributed by atoms with E-state index in [0.717, 1.165) is 4.90 Å². The van der Waals surface area contributed by atoms with Crippen LogP contribution in [0.15, 0.2) is 18.2 Å². The third kappa shape index (κ3) is 10.6. The quantitative estimate of drug-likeness (QED) is 0.155. The first-order valence-corrected chi connectivity index (χ1v) is 17.3. The number of hydrogen-bond donors (Lipinski definition) is 4. The lowest BCUT2D eigenvalue weighted by atomic mass is 10.1. The monoisotopic (exact) mass is 713 g/mol. The number of nitrogens with zero attached hydrogens (tertiary/aromatic N) is 2. The highest BCUT2D eigenvalue weighted by molar-refractivity contribution is 7.77. The summed E-state index contributed by atoms with van der Waals surface area (Å²) in [6, 6.07) is 2.17. The molecule has 15 nitrogen and oxygen atoms in total. The number of rotatable bonds is 15. The number of hydrogen-bond acceptors (Lipinski definition) is 9.